The molecule has 0 amide bonds. The van der Waals surface area contributed by atoms with Crippen LogP contribution in [-0.4, -0.2) is 63.6 Å². The smallest absolute Gasteiger partial charge is 0.300 e. The maximum Gasteiger partial charge on any atom is 0.300 e. The minimum atomic E-state index is -0.833. The number of hydrogen-bond acceptors (Lipinski definition) is 7. The fraction of sp³-hybridized carbons (Fsp3) is 0.981. The second-order valence-electron chi connectivity index (χ2n) is 24.9. The zero-order valence-corrected chi connectivity index (χ0v) is 40.8. The summed E-state index contributed by atoms with van der Waals surface area (Å²) in [6, 6.07) is 0.535. The van der Waals surface area contributed by atoms with Crippen molar-refractivity contribution in [3.8, 4) is 0 Å². The molecule has 9 aliphatic rings. The van der Waals surface area contributed by atoms with Gasteiger partial charge in [0, 0.05) is 19.0 Å². The van der Waals surface area contributed by atoms with Gasteiger partial charge in [-0.25, -0.2) is 0 Å². The van der Waals surface area contributed by atoms with Crippen molar-refractivity contribution in [2.75, 3.05) is 0 Å². The Balaban J connectivity index is 0.000000170. The molecule has 8 heteroatoms. The number of fused-ring (bicyclic) bond motifs is 13. The van der Waals surface area contributed by atoms with Gasteiger partial charge in [-0.3, -0.25) is 4.79 Å². The summed E-state index contributed by atoms with van der Waals surface area (Å²) in [5, 5.41) is 29.9. The van der Waals surface area contributed by atoms with Crippen molar-refractivity contribution < 1.29 is 29.6 Å². The standard InChI is InChI=1S/C27H47NO2.C24H43NO2.C2H4O2/c1-7-8-16(2)18-9-10-19-22-20(12-14-26(18,19)5)27(6)13-11-17(28)15-21(27)23-24(22)30-25(3,4)29-23;1-5-6-14(2)16-7-8-17-20-18(10-12-23(16,17)3)24(4)11-9-15(25)13-19(24)21(26)22(20)27;1-2(3)4/h16-24H,7-15,28H2,1-6H3;14-22,26-27H,5-13,25H2,1-4H3;1H3,(H,3,4)/t16-,17+,18-,19?,20?,21?,22?,23-,24-,26-,27-;14-,15+,16-,17?,18?,19?,20?,21-,22-,23-,24-;/m11./s1. The van der Waals surface area contributed by atoms with Crippen LogP contribution in [0, 0.1) is 92.7 Å². The maximum atomic E-state index is 11.3. The lowest BCUT2D eigenvalue weighted by Gasteiger charge is -2.63. The molecule has 0 aromatic carbocycles. The molecular formula is C53H94N2O6. The van der Waals surface area contributed by atoms with Crippen LogP contribution in [0.4, 0.5) is 0 Å². The fourth-order valence-electron chi connectivity index (χ4n) is 18.8. The predicted molar refractivity (Wildman–Crippen MR) is 245 cm³/mol. The largest absolute Gasteiger partial charge is 0.481 e. The van der Waals surface area contributed by atoms with Gasteiger partial charge in [0.05, 0.1) is 24.4 Å². The summed E-state index contributed by atoms with van der Waals surface area (Å²) >= 11 is 0. The third-order valence-electron chi connectivity index (χ3n) is 21.4. The van der Waals surface area contributed by atoms with Crippen molar-refractivity contribution in [3.05, 3.63) is 0 Å². The summed E-state index contributed by atoms with van der Waals surface area (Å²) in [6.45, 7) is 25.3. The van der Waals surface area contributed by atoms with Crippen molar-refractivity contribution in [3.63, 3.8) is 0 Å². The minimum Gasteiger partial charge on any atom is -0.481 e. The van der Waals surface area contributed by atoms with E-state index in [1.807, 2.05) is 0 Å². The first-order chi connectivity index (χ1) is 28.6. The van der Waals surface area contributed by atoms with E-state index in [-0.39, 0.29) is 35.5 Å². The van der Waals surface area contributed by atoms with E-state index in [0.29, 0.717) is 46.0 Å². The van der Waals surface area contributed by atoms with Crippen LogP contribution >= 0.6 is 0 Å². The van der Waals surface area contributed by atoms with Gasteiger partial charge >= 0.3 is 0 Å². The quantitative estimate of drug-likeness (QED) is 0.177. The zero-order chi connectivity index (χ0) is 44.6. The lowest BCUT2D eigenvalue weighted by Crippen LogP contribution is -2.64. The maximum absolute atomic E-state index is 11.3. The molecule has 8 aliphatic carbocycles. The first kappa shape index (κ1) is 48.2. The van der Waals surface area contributed by atoms with E-state index in [0.717, 1.165) is 68.1 Å². The van der Waals surface area contributed by atoms with E-state index in [2.05, 4.69) is 69.2 Å². The molecule has 0 aromatic heterocycles. The van der Waals surface area contributed by atoms with E-state index >= 15 is 0 Å². The Morgan fingerprint density at radius 3 is 1.46 bits per heavy atom. The second kappa shape index (κ2) is 17.8. The number of nitrogens with two attached hydrogens (primary N) is 2. The van der Waals surface area contributed by atoms with Gasteiger partial charge in [0.25, 0.3) is 5.97 Å². The normalized spacial score (nSPS) is 52.4. The van der Waals surface area contributed by atoms with E-state index in [1.165, 1.54) is 89.9 Å². The van der Waals surface area contributed by atoms with Gasteiger partial charge in [-0.2, -0.15) is 0 Å². The molecule has 8 nitrogen and oxygen atoms in total. The van der Waals surface area contributed by atoms with Crippen LogP contribution in [0.3, 0.4) is 0 Å². The molecule has 8 saturated carbocycles. The minimum absolute atomic E-state index is 0.160. The number of hydrogen-bond donors (Lipinski definition) is 5. The van der Waals surface area contributed by atoms with Crippen molar-refractivity contribution in [1.82, 2.24) is 0 Å². The van der Waals surface area contributed by atoms with Crippen molar-refractivity contribution >= 4 is 5.97 Å². The van der Waals surface area contributed by atoms with Crippen molar-refractivity contribution in [1.29, 1.82) is 0 Å². The second-order valence-corrected chi connectivity index (χ2v) is 24.9. The Bertz CT molecular complexity index is 1520. The van der Waals surface area contributed by atoms with Gasteiger partial charge in [0.2, 0.25) is 0 Å². The molecule has 22 atom stereocenters. The molecule has 9 rings (SSSR count). The molecule has 0 spiro atoms. The number of aliphatic hydroxyl groups is 2. The third kappa shape index (κ3) is 8.26. The van der Waals surface area contributed by atoms with Crippen LogP contribution in [0.25, 0.3) is 0 Å². The first-order valence-corrected chi connectivity index (χ1v) is 26.0. The summed E-state index contributed by atoms with van der Waals surface area (Å²) in [4.78, 5) is 9.00. The number of carboxylic acids is 1. The number of ether oxygens (including phenoxy) is 2. The average Bonchev–Trinajstić information content (AvgIpc) is 3.84. The molecule has 1 saturated heterocycles. The highest BCUT2D eigenvalue weighted by Crippen LogP contribution is 2.71. The van der Waals surface area contributed by atoms with Crippen molar-refractivity contribution in [2.45, 2.75) is 234 Å². The number of rotatable bonds is 6. The molecule has 0 bridgehead atoms. The summed E-state index contributed by atoms with van der Waals surface area (Å²) in [5.74, 6) is 6.47. The Morgan fingerprint density at radius 1 is 0.574 bits per heavy atom. The highest BCUT2D eigenvalue weighted by Gasteiger charge is 2.69. The topological polar surface area (TPSA) is 148 Å². The van der Waals surface area contributed by atoms with Crippen LogP contribution in [0.15, 0.2) is 0 Å². The van der Waals surface area contributed by atoms with Gasteiger partial charge in [0.1, 0.15) is 0 Å². The molecule has 9 fully saturated rings. The van der Waals surface area contributed by atoms with Crippen LogP contribution in [0.1, 0.15) is 192 Å². The van der Waals surface area contributed by atoms with Gasteiger partial charge in [-0.1, -0.05) is 81.1 Å². The van der Waals surface area contributed by atoms with E-state index in [1.54, 1.807) is 0 Å². The summed E-state index contributed by atoms with van der Waals surface area (Å²) in [7, 11) is 0. The lowest BCUT2D eigenvalue weighted by molar-refractivity contribution is -0.216. The molecule has 0 radical (unpaired) electrons. The van der Waals surface area contributed by atoms with Gasteiger partial charge in [-0.05, 0) is 196 Å². The molecule has 1 heterocycles. The Labute approximate surface area is 372 Å². The Morgan fingerprint density at radius 2 is 0.967 bits per heavy atom. The molecule has 8 unspecified atom stereocenters. The zero-order valence-electron chi connectivity index (χ0n) is 40.8. The number of aliphatic hydroxyl groups excluding tert-OH is 2. The van der Waals surface area contributed by atoms with Gasteiger partial charge < -0.3 is 36.3 Å². The molecule has 7 N–H and O–H groups in total. The summed E-state index contributed by atoms with van der Waals surface area (Å²) < 4.78 is 13.5. The summed E-state index contributed by atoms with van der Waals surface area (Å²) in [6.07, 6.45) is 22.1. The average molecular weight is 855 g/mol. The first-order valence-electron chi connectivity index (χ1n) is 26.0. The van der Waals surface area contributed by atoms with E-state index in [9.17, 15) is 10.2 Å². The Kier molecular flexibility index (Phi) is 14.1. The van der Waals surface area contributed by atoms with Crippen molar-refractivity contribution in [2.24, 2.45) is 104 Å². The van der Waals surface area contributed by atoms with Crippen LogP contribution in [0.5, 0.6) is 0 Å². The van der Waals surface area contributed by atoms with E-state index < -0.39 is 24.0 Å². The number of carbonyl (C=O) groups is 1. The fourth-order valence-corrected chi connectivity index (χ4v) is 18.8. The van der Waals surface area contributed by atoms with Crippen LogP contribution in [0.2, 0.25) is 0 Å². The monoisotopic (exact) mass is 855 g/mol. The van der Waals surface area contributed by atoms with Crippen LogP contribution in [-0.2, 0) is 14.3 Å². The molecule has 352 valence electrons. The summed E-state index contributed by atoms with van der Waals surface area (Å²) in [5.41, 5.74) is 14.2. The Hall–Kier alpha value is -0.770. The van der Waals surface area contributed by atoms with Gasteiger partial charge in [-0.15, -0.1) is 0 Å². The number of aliphatic carboxylic acids is 1. The molecule has 1 aliphatic heterocycles. The molecular weight excluding hydrogens is 761 g/mol. The lowest BCUT2D eigenvalue weighted by atomic mass is 9.43. The third-order valence-corrected chi connectivity index (χ3v) is 21.4. The van der Waals surface area contributed by atoms with Crippen LogP contribution < -0.4 is 11.5 Å². The highest BCUT2D eigenvalue weighted by atomic mass is 16.8. The predicted octanol–water partition coefficient (Wildman–Crippen LogP) is 10.6. The SMILES string of the molecule is CC(=O)O.CCC[C@@H](C)[C@H]1CCC2C3C(CC[C@@]21C)[C@@]1(C)CC[C@H](N)CC1[C@@H](O)[C@@H]3O.CCC[C@@H](C)[C@H]1CCC2C3C(CC[C@@]21C)[C@@]1(C)CC[C@H](N)CC1[C@H]1OC(C)(C)O[C@H]31. The molecule has 61 heavy (non-hydrogen) atoms. The molecule has 0 aromatic rings. The van der Waals surface area contributed by atoms with Gasteiger partial charge in [0.15, 0.2) is 5.79 Å². The highest BCUT2D eigenvalue weighted by molar-refractivity contribution is 5.63. The number of carboxylic acid groups (broad SMARTS) is 1. The van der Waals surface area contributed by atoms with E-state index in [4.69, 9.17) is 30.8 Å².